The van der Waals surface area contributed by atoms with E-state index in [0.717, 1.165) is 31.3 Å². The molecule has 0 aromatic carbocycles. The standard InChI is InChI=1S/C13H19NO3/c1-9-4-3-5-14(7-9)8-11-6-10(2)12(17-11)13(15)16/h6,9H,3-5,7-8H2,1-2H3,(H,15,16). The summed E-state index contributed by atoms with van der Waals surface area (Å²) in [5, 5.41) is 8.92. The topological polar surface area (TPSA) is 53.7 Å². The zero-order valence-electron chi connectivity index (χ0n) is 10.4. The zero-order valence-corrected chi connectivity index (χ0v) is 10.4. The number of hydrogen-bond acceptors (Lipinski definition) is 3. The number of furan rings is 1. The van der Waals surface area contributed by atoms with Crippen molar-refractivity contribution in [3.8, 4) is 0 Å². The summed E-state index contributed by atoms with van der Waals surface area (Å²) in [6.45, 7) is 6.89. The van der Waals surface area contributed by atoms with Gasteiger partial charge in [-0.2, -0.15) is 0 Å². The fourth-order valence-corrected chi connectivity index (χ4v) is 2.49. The van der Waals surface area contributed by atoms with Gasteiger partial charge in [0.05, 0.1) is 6.54 Å². The van der Waals surface area contributed by atoms with Gasteiger partial charge in [-0.1, -0.05) is 6.92 Å². The Morgan fingerprint density at radius 1 is 1.65 bits per heavy atom. The van der Waals surface area contributed by atoms with Gasteiger partial charge in [0.25, 0.3) is 0 Å². The largest absolute Gasteiger partial charge is 0.475 e. The van der Waals surface area contributed by atoms with Crippen molar-refractivity contribution in [2.24, 2.45) is 5.92 Å². The Balaban J connectivity index is 2.03. The van der Waals surface area contributed by atoms with Crippen molar-refractivity contribution in [3.63, 3.8) is 0 Å². The normalized spacial score (nSPS) is 21.6. The molecule has 0 amide bonds. The van der Waals surface area contributed by atoms with Crippen LogP contribution in [0.1, 0.15) is 41.6 Å². The maximum atomic E-state index is 10.9. The van der Waals surface area contributed by atoms with Crippen molar-refractivity contribution in [3.05, 3.63) is 23.2 Å². The molecule has 1 aromatic rings. The van der Waals surface area contributed by atoms with E-state index in [-0.39, 0.29) is 5.76 Å². The highest BCUT2D eigenvalue weighted by atomic mass is 16.4. The van der Waals surface area contributed by atoms with Gasteiger partial charge in [0.1, 0.15) is 5.76 Å². The molecular weight excluding hydrogens is 218 g/mol. The zero-order chi connectivity index (χ0) is 12.4. The second-order valence-electron chi connectivity index (χ2n) is 5.01. The molecule has 1 saturated heterocycles. The molecular formula is C13H19NO3. The molecule has 0 radical (unpaired) electrons. The van der Waals surface area contributed by atoms with E-state index in [1.165, 1.54) is 12.8 Å². The molecule has 2 heterocycles. The quantitative estimate of drug-likeness (QED) is 0.877. The maximum Gasteiger partial charge on any atom is 0.372 e. The number of piperidine rings is 1. The SMILES string of the molecule is Cc1cc(CN2CCCC(C)C2)oc1C(=O)O. The third-order valence-electron chi connectivity index (χ3n) is 3.28. The Kier molecular flexibility index (Phi) is 3.52. The summed E-state index contributed by atoms with van der Waals surface area (Å²) < 4.78 is 5.37. The van der Waals surface area contributed by atoms with E-state index in [1.54, 1.807) is 6.92 Å². The van der Waals surface area contributed by atoms with Gasteiger partial charge in [0, 0.05) is 12.1 Å². The number of nitrogens with zero attached hydrogens (tertiary/aromatic N) is 1. The molecule has 1 N–H and O–H groups in total. The number of aromatic carboxylic acids is 1. The Hall–Kier alpha value is -1.29. The second-order valence-corrected chi connectivity index (χ2v) is 5.01. The lowest BCUT2D eigenvalue weighted by Gasteiger charge is -2.29. The summed E-state index contributed by atoms with van der Waals surface area (Å²) in [5.74, 6) is 0.568. The van der Waals surface area contributed by atoms with E-state index in [9.17, 15) is 4.79 Å². The minimum absolute atomic E-state index is 0.0741. The van der Waals surface area contributed by atoms with Crippen LogP contribution in [0.2, 0.25) is 0 Å². The van der Waals surface area contributed by atoms with E-state index in [0.29, 0.717) is 5.56 Å². The highest BCUT2D eigenvalue weighted by Gasteiger charge is 2.19. The molecule has 0 bridgehead atoms. The molecule has 1 fully saturated rings. The van der Waals surface area contributed by atoms with E-state index in [4.69, 9.17) is 9.52 Å². The second kappa shape index (κ2) is 4.92. The lowest BCUT2D eigenvalue weighted by Crippen LogP contribution is -2.33. The van der Waals surface area contributed by atoms with Crippen LogP contribution in [0.25, 0.3) is 0 Å². The Morgan fingerprint density at radius 3 is 3.00 bits per heavy atom. The molecule has 1 aromatic heterocycles. The first-order valence-corrected chi connectivity index (χ1v) is 6.11. The highest BCUT2D eigenvalue weighted by molar-refractivity contribution is 5.86. The van der Waals surface area contributed by atoms with Gasteiger partial charge in [0.2, 0.25) is 5.76 Å². The average Bonchev–Trinajstić information content (AvgIpc) is 2.59. The first kappa shape index (κ1) is 12.2. The van der Waals surface area contributed by atoms with Crippen LogP contribution in [-0.4, -0.2) is 29.1 Å². The maximum absolute atomic E-state index is 10.9. The van der Waals surface area contributed by atoms with Crippen LogP contribution in [-0.2, 0) is 6.54 Å². The van der Waals surface area contributed by atoms with Crippen molar-refractivity contribution >= 4 is 5.97 Å². The molecule has 4 heteroatoms. The predicted molar refractivity (Wildman–Crippen MR) is 64.1 cm³/mol. The van der Waals surface area contributed by atoms with Crippen LogP contribution in [0, 0.1) is 12.8 Å². The van der Waals surface area contributed by atoms with Crippen LogP contribution in [0.3, 0.4) is 0 Å². The monoisotopic (exact) mass is 237 g/mol. The van der Waals surface area contributed by atoms with Gasteiger partial charge in [0.15, 0.2) is 0 Å². The van der Waals surface area contributed by atoms with E-state index >= 15 is 0 Å². The fraction of sp³-hybridized carbons (Fsp3) is 0.615. The Labute approximate surface area is 101 Å². The summed E-state index contributed by atoms with van der Waals surface area (Å²) in [4.78, 5) is 13.2. The number of likely N-dealkylation sites (tertiary alicyclic amines) is 1. The van der Waals surface area contributed by atoms with Crippen LogP contribution < -0.4 is 0 Å². The third kappa shape index (κ3) is 2.88. The summed E-state index contributed by atoms with van der Waals surface area (Å²) >= 11 is 0. The van der Waals surface area contributed by atoms with Crippen LogP contribution in [0.4, 0.5) is 0 Å². The molecule has 1 aliphatic rings. The third-order valence-corrected chi connectivity index (χ3v) is 3.28. The van der Waals surface area contributed by atoms with Crippen molar-refractivity contribution < 1.29 is 14.3 Å². The molecule has 0 spiro atoms. The lowest BCUT2D eigenvalue weighted by molar-refractivity contribution is 0.0656. The average molecular weight is 237 g/mol. The molecule has 94 valence electrons. The summed E-state index contributed by atoms with van der Waals surface area (Å²) in [7, 11) is 0. The summed E-state index contributed by atoms with van der Waals surface area (Å²) in [6, 6.07) is 1.84. The molecule has 1 unspecified atom stereocenters. The van der Waals surface area contributed by atoms with E-state index < -0.39 is 5.97 Å². The number of carboxylic acids is 1. The Bertz CT molecular complexity index is 411. The van der Waals surface area contributed by atoms with Crippen molar-refractivity contribution in [2.45, 2.75) is 33.2 Å². The fourth-order valence-electron chi connectivity index (χ4n) is 2.49. The summed E-state index contributed by atoms with van der Waals surface area (Å²) in [5.41, 5.74) is 0.706. The minimum atomic E-state index is -0.985. The number of rotatable bonds is 3. The molecule has 1 aliphatic heterocycles. The van der Waals surface area contributed by atoms with Gasteiger partial charge in [-0.3, -0.25) is 4.90 Å². The van der Waals surface area contributed by atoms with Crippen LogP contribution in [0.15, 0.2) is 10.5 Å². The van der Waals surface area contributed by atoms with Crippen molar-refractivity contribution in [1.82, 2.24) is 4.90 Å². The molecule has 0 aliphatic carbocycles. The first-order chi connectivity index (χ1) is 8.06. The lowest BCUT2D eigenvalue weighted by atomic mass is 10.0. The molecule has 1 atom stereocenters. The predicted octanol–water partition coefficient (Wildman–Crippen LogP) is 2.52. The van der Waals surface area contributed by atoms with Crippen molar-refractivity contribution in [2.75, 3.05) is 13.1 Å². The minimum Gasteiger partial charge on any atom is -0.475 e. The van der Waals surface area contributed by atoms with Crippen molar-refractivity contribution in [1.29, 1.82) is 0 Å². The highest BCUT2D eigenvalue weighted by Crippen LogP contribution is 2.20. The van der Waals surface area contributed by atoms with Gasteiger partial charge < -0.3 is 9.52 Å². The number of carboxylic acid groups (broad SMARTS) is 1. The molecule has 2 rings (SSSR count). The number of hydrogen-bond donors (Lipinski definition) is 1. The van der Waals surface area contributed by atoms with E-state index in [2.05, 4.69) is 11.8 Å². The molecule has 0 saturated carbocycles. The van der Waals surface area contributed by atoms with Crippen LogP contribution in [0.5, 0.6) is 0 Å². The van der Waals surface area contributed by atoms with E-state index in [1.807, 2.05) is 6.07 Å². The Morgan fingerprint density at radius 2 is 2.41 bits per heavy atom. The first-order valence-electron chi connectivity index (χ1n) is 6.11. The van der Waals surface area contributed by atoms with Gasteiger partial charge in [-0.25, -0.2) is 4.79 Å². The van der Waals surface area contributed by atoms with Crippen LogP contribution >= 0.6 is 0 Å². The van der Waals surface area contributed by atoms with Gasteiger partial charge in [-0.15, -0.1) is 0 Å². The summed E-state index contributed by atoms with van der Waals surface area (Å²) in [6.07, 6.45) is 2.50. The van der Waals surface area contributed by atoms with Gasteiger partial charge in [-0.05, 0) is 38.3 Å². The number of carbonyl (C=O) groups is 1. The molecule has 4 nitrogen and oxygen atoms in total. The molecule has 17 heavy (non-hydrogen) atoms. The van der Waals surface area contributed by atoms with Gasteiger partial charge >= 0.3 is 5.97 Å². The number of aryl methyl sites for hydroxylation is 1. The smallest absolute Gasteiger partial charge is 0.372 e.